The normalized spacial score (nSPS) is 50.4. The van der Waals surface area contributed by atoms with Gasteiger partial charge < -0.3 is 30.3 Å². The zero-order chi connectivity index (χ0) is 12.1. The van der Waals surface area contributed by atoms with Crippen molar-refractivity contribution >= 4 is 0 Å². The number of nitrogens with two attached hydrogens (primary N) is 1. The van der Waals surface area contributed by atoms with Crippen LogP contribution >= 0.6 is 0 Å². The maximum Gasteiger partial charge on any atom is 0.219 e. The molecule has 1 aliphatic heterocycles. The summed E-state index contributed by atoms with van der Waals surface area (Å²) in [5.74, 6) is -2.34. The quantitative estimate of drug-likeness (QED) is 0.258. The van der Waals surface area contributed by atoms with Crippen LogP contribution in [0.3, 0.4) is 0 Å². The van der Waals surface area contributed by atoms with Crippen molar-refractivity contribution in [1.29, 1.82) is 0 Å². The Balaban J connectivity index is 3.11. The van der Waals surface area contributed by atoms with E-state index in [0.717, 1.165) is 0 Å². The molecule has 1 saturated heterocycles. The Hall–Kier alpha value is -0.280. The summed E-state index contributed by atoms with van der Waals surface area (Å²) in [4.78, 5) is 0. The fourth-order valence-corrected chi connectivity index (χ4v) is 1.55. The molecule has 7 N–H and O–H groups in total. The minimum Gasteiger partial charge on any atom is -0.391 e. The van der Waals surface area contributed by atoms with E-state index in [-0.39, 0.29) is 0 Å². The van der Waals surface area contributed by atoms with Crippen molar-refractivity contribution in [2.45, 2.75) is 43.2 Å². The van der Waals surface area contributed by atoms with Crippen LogP contribution < -0.4 is 5.73 Å². The summed E-state index contributed by atoms with van der Waals surface area (Å²) in [5.41, 5.74) is 1.64. The van der Waals surface area contributed by atoms with Gasteiger partial charge in [-0.2, -0.15) is 0 Å². The molecule has 0 radical (unpaired) electrons. The molecule has 0 saturated carbocycles. The van der Waals surface area contributed by atoms with E-state index in [1.165, 1.54) is 13.8 Å². The van der Waals surface area contributed by atoms with Gasteiger partial charge in [0.05, 0.1) is 6.61 Å². The van der Waals surface area contributed by atoms with Gasteiger partial charge in [0.1, 0.15) is 17.8 Å². The lowest BCUT2D eigenvalue weighted by Crippen LogP contribution is -2.78. The van der Waals surface area contributed by atoms with Crippen molar-refractivity contribution in [3.05, 3.63) is 0 Å². The van der Waals surface area contributed by atoms with Gasteiger partial charge in [-0.25, -0.2) is 0 Å². The number of ether oxygens (including phenoxy) is 1. The van der Waals surface area contributed by atoms with Crippen LogP contribution in [0.2, 0.25) is 0 Å². The van der Waals surface area contributed by atoms with Crippen molar-refractivity contribution in [3.8, 4) is 0 Å². The number of hydrogen-bond donors (Lipinski definition) is 6. The summed E-state index contributed by atoms with van der Waals surface area (Å²) in [5, 5.41) is 47.2. The highest BCUT2D eigenvalue weighted by Crippen LogP contribution is 2.38. The van der Waals surface area contributed by atoms with Crippen LogP contribution in [0, 0.1) is 0 Å². The molecule has 0 aromatic carbocycles. The molecule has 0 aromatic rings. The first-order valence-corrected chi connectivity index (χ1v) is 4.49. The van der Waals surface area contributed by atoms with E-state index in [1.54, 1.807) is 0 Å². The summed E-state index contributed by atoms with van der Waals surface area (Å²) in [6, 6.07) is 0. The summed E-state index contributed by atoms with van der Waals surface area (Å²) >= 11 is 0. The zero-order valence-corrected chi connectivity index (χ0v) is 8.58. The third-order valence-electron chi connectivity index (χ3n) is 2.84. The second kappa shape index (κ2) is 3.36. The molecule has 4 atom stereocenters. The van der Waals surface area contributed by atoms with Crippen molar-refractivity contribution in [2.24, 2.45) is 5.73 Å². The summed E-state index contributed by atoms with van der Waals surface area (Å²) in [6.07, 6.45) is -3.73. The molecule has 1 aliphatic rings. The molecule has 0 bridgehead atoms. The van der Waals surface area contributed by atoms with E-state index in [4.69, 9.17) is 15.6 Å². The fourth-order valence-electron chi connectivity index (χ4n) is 1.55. The summed E-state index contributed by atoms with van der Waals surface area (Å²) in [6.45, 7) is 1.72. The van der Waals surface area contributed by atoms with Gasteiger partial charge >= 0.3 is 0 Å². The molecule has 90 valence electrons. The monoisotopic (exact) mass is 223 g/mol. The largest absolute Gasteiger partial charge is 0.391 e. The maximum absolute atomic E-state index is 9.72. The van der Waals surface area contributed by atoms with Crippen LogP contribution in [0.1, 0.15) is 13.8 Å². The Labute approximate surface area is 86.7 Å². The van der Waals surface area contributed by atoms with E-state index < -0.39 is 35.9 Å². The average Bonchev–Trinajstić information content (AvgIpc) is 2.12. The van der Waals surface area contributed by atoms with Crippen molar-refractivity contribution < 1.29 is 30.3 Å². The first-order valence-electron chi connectivity index (χ1n) is 4.49. The van der Waals surface area contributed by atoms with Gasteiger partial charge in [0.25, 0.3) is 0 Å². The topological polar surface area (TPSA) is 136 Å². The third kappa shape index (κ3) is 1.66. The zero-order valence-electron chi connectivity index (χ0n) is 8.58. The van der Waals surface area contributed by atoms with Gasteiger partial charge in [-0.1, -0.05) is 0 Å². The number of hydrogen-bond acceptors (Lipinski definition) is 7. The second-order valence-electron chi connectivity index (χ2n) is 4.33. The Morgan fingerprint density at radius 1 is 1.20 bits per heavy atom. The molecular formula is C8H17NO6. The van der Waals surface area contributed by atoms with Crippen LogP contribution in [-0.4, -0.2) is 61.5 Å². The molecule has 7 heteroatoms. The van der Waals surface area contributed by atoms with Gasteiger partial charge in [0, 0.05) is 0 Å². The molecule has 0 aliphatic carbocycles. The van der Waals surface area contributed by atoms with Crippen LogP contribution in [0.5, 0.6) is 0 Å². The van der Waals surface area contributed by atoms with E-state index in [2.05, 4.69) is 0 Å². The van der Waals surface area contributed by atoms with Gasteiger partial charge in [0.15, 0.2) is 5.72 Å². The van der Waals surface area contributed by atoms with Crippen LogP contribution in [0.15, 0.2) is 0 Å². The fraction of sp³-hybridized carbons (Fsp3) is 1.00. The molecular weight excluding hydrogens is 206 g/mol. The first-order chi connectivity index (χ1) is 6.58. The number of aliphatic hydroxyl groups is 5. The molecule has 0 aromatic heterocycles. The second-order valence-corrected chi connectivity index (χ2v) is 4.33. The smallest absolute Gasteiger partial charge is 0.219 e. The molecule has 1 fully saturated rings. The summed E-state index contributed by atoms with van der Waals surface area (Å²) in [7, 11) is 0. The standard InChI is InChI=1S/C8H17NO6/c1-6(2)8(9,14)5(12)4(11)7(13,3-10)15-6/h4-5,10-14H,3,9H2,1-2H3/t4-,5-,7-,8-/m0/s1. The first kappa shape index (κ1) is 12.8. The molecule has 7 nitrogen and oxygen atoms in total. The Morgan fingerprint density at radius 3 is 2.07 bits per heavy atom. The van der Waals surface area contributed by atoms with E-state index in [9.17, 15) is 20.4 Å². The minimum absolute atomic E-state index is 0.926. The van der Waals surface area contributed by atoms with E-state index in [1.807, 2.05) is 0 Å². The number of rotatable bonds is 1. The average molecular weight is 223 g/mol. The lowest BCUT2D eigenvalue weighted by Gasteiger charge is -2.54. The molecule has 15 heavy (non-hydrogen) atoms. The highest BCUT2D eigenvalue weighted by atomic mass is 16.7. The highest BCUT2D eigenvalue weighted by Gasteiger charge is 2.62. The van der Waals surface area contributed by atoms with Crippen LogP contribution in [-0.2, 0) is 4.74 Å². The molecule has 0 amide bonds. The van der Waals surface area contributed by atoms with Gasteiger partial charge in [-0.05, 0) is 13.8 Å². The predicted molar refractivity (Wildman–Crippen MR) is 48.4 cm³/mol. The lowest BCUT2D eigenvalue weighted by atomic mass is 9.81. The third-order valence-corrected chi connectivity index (χ3v) is 2.84. The Bertz CT molecular complexity index is 253. The molecule has 1 heterocycles. The van der Waals surface area contributed by atoms with Crippen molar-refractivity contribution in [1.82, 2.24) is 0 Å². The maximum atomic E-state index is 9.72. The number of aliphatic hydroxyl groups excluding tert-OH is 3. The van der Waals surface area contributed by atoms with E-state index >= 15 is 0 Å². The summed E-state index contributed by atoms with van der Waals surface area (Å²) < 4.78 is 4.93. The Kier molecular flexibility index (Phi) is 2.86. The van der Waals surface area contributed by atoms with E-state index in [0.29, 0.717) is 0 Å². The van der Waals surface area contributed by atoms with Gasteiger partial charge in [0.2, 0.25) is 5.79 Å². The SMILES string of the molecule is CC1(C)O[C@@](O)(CO)[C@@H](O)[C@H](O)[C@]1(N)O. The predicted octanol–water partition coefficient (Wildman–Crippen LogP) is -3.15. The van der Waals surface area contributed by atoms with Crippen molar-refractivity contribution in [3.63, 3.8) is 0 Å². The highest BCUT2D eigenvalue weighted by molar-refractivity contribution is 5.07. The molecule has 0 spiro atoms. The Morgan fingerprint density at radius 2 is 1.67 bits per heavy atom. The van der Waals surface area contributed by atoms with Crippen molar-refractivity contribution in [2.75, 3.05) is 6.61 Å². The van der Waals surface area contributed by atoms with Gasteiger partial charge in [-0.3, -0.25) is 5.73 Å². The molecule has 1 rings (SSSR count). The van der Waals surface area contributed by atoms with Crippen LogP contribution in [0.4, 0.5) is 0 Å². The minimum atomic E-state index is -2.34. The molecule has 0 unspecified atom stereocenters. The lowest BCUT2D eigenvalue weighted by molar-refractivity contribution is -0.401. The van der Waals surface area contributed by atoms with Crippen LogP contribution in [0.25, 0.3) is 0 Å². The van der Waals surface area contributed by atoms with Gasteiger partial charge in [-0.15, -0.1) is 0 Å².